The minimum Gasteiger partial charge on any atom is -0.427 e. The molecule has 1 saturated heterocycles. The van der Waals surface area contributed by atoms with Gasteiger partial charge in [0.15, 0.2) is 0 Å². The molecule has 366 valence electrons. The van der Waals surface area contributed by atoms with E-state index < -0.39 is 65.1 Å². The Morgan fingerprint density at radius 3 is 1.73 bits per heavy atom. The molecule has 5 N–H and O–H groups in total. The minimum atomic E-state index is -5.32. The summed E-state index contributed by atoms with van der Waals surface area (Å²) in [7, 11) is -10.3. The first-order chi connectivity index (χ1) is 31.2. The fraction of sp³-hybridized carbons (Fsp3) is 0.591. The summed E-state index contributed by atoms with van der Waals surface area (Å²) in [5, 5.41) is 3.67. The predicted molar refractivity (Wildman–Crippen MR) is 246 cm³/mol. The van der Waals surface area contributed by atoms with E-state index in [9.17, 15) is 33.2 Å². The van der Waals surface area contributed by atoms with E-state index in [1.165, 1.54) is 75.9 Å². The lowest BCUT2D eigenvalue weighted by Crippen LogP contribution is -2.33. The van der Waals surface area contributed by atoms with E-state index in [0.29, 0.717) is 11.1 Å². The molecule has 0 radical (unpaired) electrons. The van der Waals surface area contributed by atoms with Crippen LogP contribution in [0.1, 0.15) is 146 Å². The third-order valence-electron chi connectivity index (χ3n) is 10.5. The molecule has 1 fully saturated rings. The number of aryl methyl sites for hydroxylation is 1. The molecule has 2 unspecified atom stereocenters. The average Bonchev–Trinajstić information content (AvgIpc) is 3.68. The number of rotatable bonds is 31. The first-order valence-corrected chi connectivity index (χ1v) is 25.4. The number of carbonyl (C=O) groups is 2. The molecule has 0 spiro atoms. The zero-order chi connectivity index (χ0) is 47.1. The first-order valence-electron chi connectivity index (χ1n) is 22.4. The molecule has 2 heterocycles. The molecule has 3 aromatic rings. The van der Waals surface area contributed by atoms with Crippen molar-refractivity contribution >= 4 is 27.6 Å². The lowest BCUT2D eigenvalue weighted by Gasteiger charge is -2.22. The summed E-state index contributed by atoms with van der Waals surface area (Å²) in [6.45, 7) is 4.17. The Balaban J connectivity index is 0.0000116. The number of aromatic nitrogens is 2. The van der Waals surface area contributed by atoms with E-state index in [2.05, 4.69) is 28.9 Å². The second-order valence-electron chi connectivity index (χ2n) is 15.9. The molecule has 4 rings (SSSR count). The summed E-state index contributed by atoms with van der Waals surface area (Å²) < 4.78 is 66.7. The van der Waals surface area contributed by atoms with Crippen molar-refractivity contribution in [3.63, 3.8) is 0 Å². The van der Waals surface area contributed by atoms with E-state index in [0.717, 1.165) is 55.9 Å². The number of esters is 2. The number of benzene rings is 2. The van der Waals surface area contributed by atoms with Gasteiger partial charge < -0.3 is 25.3 Å². The number of phosphoric acid groups is 2. The van der Waals surface area contributed by atoms with Crippen molar-refractivity contribution in [1.29, 1.82) is 0 Å². The number of nitrogens with one attached hydrogen (secondary N) is 1. The van der Waals surface area contributed by atoms with Crippen molar-refractivity contribution < 1.29 is 55.7 Å². The maximum absolute atomic E-state index is 14.1. The van der Waals surface area contributed by atoms with Crippen LogP contribution in [0.25, 0.3) is 10.4 Å². The Morgan fingerprint density at radius 1 is 0.788 bits per heavy atom. The van der Waals surface area contributed by atoms with Crippen molar-refractivity contribution in [2.45, 2.75) is 162 Å². The average molecular weight is 965 g/mol. The fourth-order valence-corrected chi connectivity index (χ4v) is 9.46. The van der Waals surface area contributed by atoms with Crippen molar-refractivity contribution in [3.8, 4) is 11.5 Å². The SMILES string of the molecule is CCCCCCCCCC(=O)Oc1ccc(COP(=O)(OCc2ccc(OC(=O)CCCCCCCCC)cc2)OP(=O)(O)OC[C@H]2O[C@@H](n3cc(C)c(=O)[nH]c3=O)CC2N=[N+]=[N-])cc1.N. The van der Waals surface area contributed by atoms with Crippen LogP contribution in [-0.2, 0) is 54.6 Å². The van der Waals surface area contributed by atoms with Crippen LogP contribution < -0.4 is 26.9 Å². The zero-order valence-corrected chi connectivity index (χ0v) is 40.0. The molecular weight excluding hydrogens is 898 g/mol. The van der Waals surface area contributed by atoms with E-state index in [1.54, 1.807) is 24.3 Å². The monoisotopic (exact) mass is 964 g/mol. The number of azide groups is 1. The highest BCUT2D eigenvalue weighted by atomic mass is 31.3. The Kier molecular flexibility index (Phi) is 24.8. The van der Waals surface area contributed by atoms with Gasteiger partial charge in [0.25, 0.3) is 5.56 Å². The summed E-state index contributed by atoms with van der Waals surface area (Å²) in [5.74, 6) is -0.166. The molecule has 0 aliphatic carbocycles. The van der Waals surface area contributed by atoms with Gasteiger partial charge in [-0.15, -0.1) is 0 Å². The summed E-state index contributed by atoms with van der Waals surface area (Å²) in [6.07, 6.45) is 14.4. The third kappa shape index (κ3) is 20.2. The summed E-state index contributed by atoms with van der Waals surface area (Å²) >= 11 is 0. The van der Waals surface area contributed by atoms with Crippen LogP contribution in [0.15, 0.2) is 69.4 Å². The number of ether oxygens (including phenoxy) is 3. The number of aromatic amines is 1. The number of carbonyl (C=O) groups excluding carboxylic acids is 2. The van der Waals surface area contributed by atoms with Gasteiger partial charge in [-0.2, -0.15) is 4.31 Å². The number of H-pyrrole nitrogens is 1. The van der Waals surface area contributed by atoms with Gasteiger partial charge in [-0.1, -0.05) is 120 Å². The van der Waals surface area contributed by atoms with E-state index in [4.69, 9.17) is 37.6 Å². The molecule has 1 aliphatic heterocycles. The highest BCUT2D eigenvalue weighted by Gasteiger charge is 2.42. The molecule has 66 heavy (non-hydrogen) atoms. The van der Waals surface area contributed by atoms with Crippen molar-refractivity contribution in [2.75, 3.05) is 6.61 Å². The van der Waals surface area contributed by atoms with Crippen LogP contribution in [0.2, 0.25) is 0 Å². The molecule has 22 heteroatoms. The van der Waals surface area contributed by atoms with Gasteiger partial charge in [0.05, 0.1) is 32.0 Å². The molecule has 1 aliphatic rings. The van der Waals surface area contributed by atoms with Crippen LogP contribution in [0.3, 0.4) is 0 Å². The largest absolute Gasteiger partial charge is 0.484 e. The quantitative estimate of drug-likeness (QED) is 0.0103. The van der Waals surface area contributed by atoms with Gasteiger partial charge in [0, 0.05) is 35.9 Å². The van der Waals surface area contributed by atoms with Crippen molar-refractivity contribution in [1.82, 2.24) is 15.7 Å². The highest BCUT2D eigenvalue weighted by Crippen LogP contribution is 2.64. The molecule has 20 nitrogen and oxygen atoms in total. The smallest absolute Gasteiger partial charge is 0.427 e. The van der Waals surface area contributed by atoms with Crippen LogP contribution in [0, 0.1) is 6.92 Å². The second-order valence-corrected chi connectivity index (χ2v) is 19.2. The lowest BCUT2D eigenvalue weighted by molar-refractivity contribution is -0.135. The molecular formula is C44H66N6O14P2. The normalized spacial score (nSPS) is 16.8. The van der Waals surface area contributed by atoms with E-state index in [1.807, 2.05) is 0 Å². The van der Waals surface area contributed by atoms with Gasteiger partial charge in [-0.3, -0.25) is 37.5 Å². The van der Waals surface area contributed by atoms with E-state index in [-0.39, 0.29) is 54.4 Å². The van der Waals surface area contributed by atoms with Gasteiger partial charge >= 0.3 is 33.3 Å². The molecule has 4 atom stereocenters. The minimum absolute atomic E-state index is 0. The van der Waals surface area contributed by atoms with Gasteiger partial charge in [-0.25, -0.2) is 13.9 Å². The highest BCUT2D eigenvalue weighted by molar-refractivity contribution is 7.61. The van der Waals surface area contributed by atoms with Gasteiger partial charge in [0.1, 0.15) is 17.7 Å². The first kappa shape index (κ1) is 55.9. The van der Waals surface area contributed by atoms with Gasteiger partial charge in [0.2, 0.25) is 0 Å². The van der Waals surface area contributed by atoms with Crippen LogP contribution in [-0.4, -0.2) is 45.1 Å². The number of unbranched alkanes of at least 4 members (excludes halogenated alkanes) is 12. The number of phosphoric ester groups is 2. The lowest BCUT2D eigenvalue weighted by atomic mass is 10.1. The van der Waals surface area contributed by atoms with Crippen LogP contribution >= 0.6 is 15.6 Å². The standard InChI is InChI=1S/C44H63N5O14P2.H3N/c1-4-6-8-10-12-14-16-18-41(50)60-36-24-20-34(21-25-36)30-58-65(56,59-31-35-22-26-37(27-23-35)61-42(51)19-17-15-13-11-9-7-5-2)63-64(54,55)57-32-39-38(47-48-45)28-40(62-39)49-29-33(3)43(52)46-44(49)53;/h20-27,29,38-40H,4-19,28,30-32H2,1-3H3,(H,54,55)(H,46,52,53);1H3/t38?,39-,40-;/m1./s1. The Bertz CT molecular complexity index is 2130. The fourth-order valence-electron chi connectivity index (χ4n) is 6.86. The van der Waals surface area contributed by atoms with Gasteiger partial charge in [-0.05, 0) is 60.7 Å². The number of nitrogens with zero attached hydrogens (tertiary/aromatic N) is 4. The molecule has 0 amide bonds. The van der Waals surface area contributed by atoms with E-state index >= 15 is 0 Å². The zero-order valence-electron chi connectivity index (χ0n) is 38.2. The maximum Gasteiger partial charge on any atom is 0.484 e. The van der Waals surface area contributed by atoms with Crippen LogP contribution in [0.5, 0.6) is 11.5 Å². The topological polar surface area (TPSA) is 292 Å². The van der Waals surface area contributed by atoms with Crippen molar-refractivity contribution in [2.24, 2.45) is 5.11 Å². The summed E-state index contributed by atoms with van der Waals surface area (Å²) in [6, 6.07) is 11.3. The molecule has 0 saturated carbocycles. The molecule has 0 bridgehead atoms. The molecule has 1 aromatic heterocycles. The molecule has 2 aromatic carbocycles. The Labute approximate surface area is 385 Å². The second kappa shape index (κ2) is 29.3. The van der Waals surface area contributed by atoms with Crippen LogP contribution in [0.4, 0.5) is 0 Å². The number of hydrogen-bond acceptors (Lipinski definition) is 15. The third-order valence-corrected chi connectivity index (χ3v) is 13.5. The summed E-state index contributed by atoms with van der Waals surface area (Å²) in [4.78, 5) is 65.0. The summed E-state index contributed by atoms with van der Waals surface area (Å²) in [5.41, 5.74) is 8.82. The Hall–Kier alpha value is -4.45. The predicted octanol–water partition coefficient (Wildman–Crippen LogP) is 10.7. The number of hydrogen-bond donors (Lipinski definition) is 3. The maximum atomic E-state index is 14.1. The Morgan fingerprint density at radius 2 is 1.26 bits per heavy atom. The van der Waals surface area contributed by atoms with Crippen molar-refractivity contribution in [3.05, 3.63) is 103 Å².